The molecule has 0 atom stereocenters. The predicted octanol–water partition coefficient (Wildman–Crippen LogP) is 3.09. The molecule has 1 N–H and O–H groups in total. The first-order chi connectivity index (χ1) is 7.91. The number of aromatic hydroxyl groups is 1. The minimum atomic E-state index is -0.0933. The van der Waals surface area contributed by atoms with Gasteiger partial charge in [0.05, 0.1) is 11.3 Å². The van der Waals surface area contributed by atoms with Crippen molar-refractivity contribution in [3.8, 4) is 17.0 Å². The van der Waals surface area contributed by atoms with Crippen molar-refractivity contribution in [1.82, 2.24) is 9.78 Å². The molecule has 0 saturated heterocycles. The molecule has 90 valence electrons. The molecule has 1 aromatic carbocycles. The maximum Gasteiger partial charge on any atom is 0.217 e. The Hall–Kier alpha value is -1.77. The molecular formula is C14H18N2O. The lowest BCUT2D eigenvalue weighted by atomic mass is 9.87. The maximum atomic E-state index is 10.1. The molecule has 0 aliphatic rings. The number of aromatic nitrogens is 2. The number of rotatable bonds is 1. The van der Waals surface area contributed by atoms with E-state index in [1.54, 1.807) is 7.05 Å². The summed E-state index contributed by atoms with van der Waals surface area (Å²) in [5.41, 5.74) is 2.66. The second kappa shape index (κ2) is 3.91. The standard InChI is InChI=1S/C14H18N2O/c1-14(2,3)12-11(13(17)16(4)15-12)10-8-6-5-7-9-10/h5-9,17H,1-4H3. The lowest BCUT2D eigenvalue weighted by Crippen LogP contribution is -2.13. The van der Waals surface area contributed by atoms with Crippen LogP contribution in [0.1, 0.15) is 26.5 Å². The van der Waals surface area contributed by atoms with E-state index in [1.165, 1.54) is 4.68 Å². The molecule has 1 heterocycles. The van der Waals surface area contributed by atoms with Crippen LogP contribution in [0.3, 0.4) is 0 Å². The molecule has 0 aliphatic heterocycles. The van der Waals surface area contributed by atoms with Gasteiger partial charge in [0, 0.05) is 12.5 Å². The average molecular weight is 230 g/mol. The van der Waals surface area contributed by atoms with Gasteiger partial charge in [-0.15, -0.1) is 0 Å². The van der Waals surface area contributed by atoms with Crippen LogP contribution in [-0.2, 0) is 12.5 Å². The third-order valence-corrected chi connectivity index (χ3v) is 2.79. The van der Waals surface area contributed by atoms with E-state index in [2.05, 4.69) is 25.9 Å². The fraction of sp³-hybridized carbons (Fsp3) is 0.357. The summed E-state index contributed by atoms with van der Waals surface area (Å²) in [5.74, 6) is 0.223. The van der Waals surface area contributed by atoms with Crippen molar-refractivity contribution in [3.05, 3.63) is 36.0 Å². The highest BCUT2D eigenvalue weighted by molar-refractivity contribution is 5.72. The summed E-state index contributed by atoms with van der Waals surface area (Å²) in [6.07, 6.45) is 0. The van der Waals surface area contributed by atoms with Gasteiger partial charge in [-0.3, -0.25) is 0 Å². The van der Waals surface area contributed by atoms with E-state index in [-0.39, 0.29) is 11.3 Å². The monoisotopic (exact) mass is 230 g/mol. The van der Waals surface area contributed by atoms with Crippen LogP contribution in [0.4, 0.5) is 0 Å². The molecule has 2 rings (SSSR count). The van der Waals surface area contributed by atoms with Crippen LogP contribution in [0.5, 0.6) is 5.88 Å². The van der Waals surface area contributed by atoms with Gasteiger partial charge in [0.2, 0.25) is 5.88 Å². The summed E-state index contributed by atoms with van der Waals surface area (Å²) in [6, 6.07) is 9.88. The Morgan fingerprint density at radius 2 is 1.71 bits per heavy atom. The van der Waals surface area contributed by atoms with Crippen molar-refractivity contribution in [3.63, 3.8) is 0 Å². The number of hydrogen-bond acceptors (Lipinski definition) is 2. The summed E-state index contributed by atoms with van der Waals surface area (Å²) in [5, 5.41) is 14.6. The number of benzene rings is 1. The van der Waals surface area contributed by atoms with Crippen molar-refractivity contribution < 1.29 is 5.11 Å². The normalized spacial score (nSPS) is 11.8. The SMILES string of the molecule is Cn1nc(C(C)(C)C)c(-c2ccccc2)c1O. The summed E-state index contributed by atoms with van der Waals surface area (Å²) < 4.78 is 1.53. The highest BCUT2D eigenvalue weighted by atomic mass is 16.3. The molecule has 0 aliphatic carbocycles. The summed E-state index contributed by atoms with van der Waals surface area (Å²) in [7, 11) is 1.76. The molecule has 0 bridgehead atoms. The third-order valence-electron chi connectivity index (χ3n) is 2.79. The number of aryl methyl sites for hydroxylation is 1. The van der Waals surface area contributed by atoms with Gasteiger partial charge < -0.3 is 5.11 Å². The van der Waals surface area contributed by atoms with Crippen molar-refractivity contribution >= 4 is 0 Å². The van der Waals surface area contributed by atoms with Crippen LogP contribution >= 0.6 is 0 Å². The second-order valence-corrected chi connectivity index (χ2v) is 5.29. The minimum absolute atomic E-state index is 0.0933. The molecule has 0 spiro atoms. The van der Waals surface area contributed by atoms with Gasteiger partial charge in [-0.05, 0) is 5.56 Å². The first-order valence-corrected chi connectivity index (χ1v) is 5.73. The Balaban J connectivity index is 2.69. The van der Waals surface area contributed by atoms with E-state index in [1.807, 2.05) is 30.3 Å². The van der Waals surface area contributed by atoms with E-state index >= 15 is 0 Å². The molecule has 0 radical (unpaired) electrons. The molecule has 2 aromatic rings. The molecular weight excluding hydrogens is 212 g/mol. The Bertz CT molecular complexity index is 521. The molecule has 1 aromatic heterocycles. The van der Waals surface area contributed by atoms with Gasteiger partial charge >= 0.3 is 0 Å². The highest BCUT2D eigenvalue weighted by Crippen LogP contribution is 2.37. The van der Waals surface area contributed by atoms with Crippen molar-refractivity contribution in [2.24, 2.45) is 7.05 Å². The maximum absolute atomic E-state index is 10.1. The zero-order chi connectivity index (χ0) is 12.6. The quantitative estimate of drug-likeness (QED) is 0.817. The van der Waals surface area contributed by atoms with Crippen LogP contribution in [-0.4, -0.2) is 14.9 Å². The number of hydrogen-bond donors (Lipinski definition) is 1. The van der Waals surface area contributed by atoms with Crippen LogP contribution in [0.15, 0.2) is 30.3 Å². The van der Waals surface area contributed by atoms with Crippen LogP contribution < -0.4 is 0 Å². The van der Waals surface area contributed by atoms with Gasteiger partial charge in [-0.2, -0.15) is 5.10 Å². The van der Waals surface area contributed by atoms with Crippen LogP contribution in [0, 0.1) is 0 Å². The molecule has 0 unspecified atom stereocenters. The Labute approximate surface area is 102 Å². The predicted molar refractivity (Wildman–Crippen MR) is 69.0 cm³/mol. The largest absolute Gasteiger partial charge is 0.493 e. The van der Waals surface area contributed by atoms with E-state index in [0.29, 0.717) is 0 Å². The van der Waals surface area contributed by atoms with E-state index in [9.17, 15) is 5.11 Å². The zero-order valence-corrected chi connectivity index (χ0v) is 10.7. The Morgan fingerprint density at radius 1 is 1.12 bits per heavy atom. The fourth-order valence-corrected chi connectivity index (χ4v) is 1.91. The molecule has 0 saturated carbocycles. The van der Waals surface area contributed by atoms with Gasteiger partial charge in [0.1, 0.15) is 0 Å². The van der Waals surface area contributed by atoms with Gasteiger partial charge in [0.25, 0.3) is 0 Å². The Morgan fingerprint density at radius 3 is 2.24 bits per heavy atom. The summed E-state index contributed by atoms with van der Waals surface area (Å²) in [6.45, 7) is 6.30. The van der Waals surface area contributed by atoms with Crippen molar-refractivity contribution in [2.45, 2.75) is 26.2 Å². The second-order valence-electron chi connectivity index (χ2n) is 5.29. The fourth-order valence-electron chi connectivity index (χ4n) is 1.91. The average Bonchev–Trinajstić information content (AvgIpc) is 2.57. The molecule has 3 nitrogen and oxygen atoms in total. The number of nitrogens with zero attached hydrogens (tertiary/aromatic N) is 2. The highest BCUT2D eigenvalue weighted by Gasteiger charge is 2.26. The Kier molecular flexibility index (Phi) is 2.69. The molecule has 0 amide bonds. The topological polar surface area (TPSA) is 38.0 Å². The summed E-state index contributed by atoms with van der Waals surface area (Å²) >= 11 is 0. The van der Waals surface area contributed by atoms with Crippen LogP contribution in [0.2, 0.25) is 0 Å². The van der Waals surface area contributed by atoms with Crippen LogP contribution in [0.25, 0.3) is 11.1 Å². The third kappa shape index (κ3) is 2.05. The van der Waals surface area contributed by atoms with E-state index in [4.69, 9.17) is 0 Å². The molecule has 17 heavy (non-hydrogen) atoms. The van der Waals surface area contributed by atoms with E-state index < -0.39 is 0 Å². The van der Waals surface area contributed by atoms with Gasteiger partial charge in [-0.25, -0.2) is 4.68 Å². The van der Waals surface area contributed by atoms with E-state index in [0.717, 1.165) is 16.8 Å². The van der Waals surface area contributed by atoms with Gasteiger partial charge in [-0.1, -0.05) is 51.1 Å². The van der Waals surface area contributed by atoms with Crippen molar-refractivity contribution in [1.29, 1.82) is 0 Å². The summed E-state index contributed by atoms with van der Waals surface area (Å²) in [4.78, 5) is 0. The first-order valence-electron chi connectivity index (χ1n) is 5.73. The minimum Gasteiger partial charge on any atom is -0.493 e. The van der Waals surface area contributed by atoms with Gasteiger partial charge in [0.15, 0.2) is 0 Å². The van der Waals surface area contributed by atoms with Crippen molar-refractivity contribution in [2.75, 3.05) is 0 Å². The zero-order valence-electron chi connectivity index (χ0n) is 10.7. The first kappa shape index (κ1) is 11.7. The molecule has 3 heteroatoms. The molecule has 0 fully saturated rings. The lowest BCUT2D eigenvalue weighted by molar-refractivity contribution is 0.420. The smallest absolute Gasteiger partial charge is 0.217 e. The lowest BCUT2D eigenvalue weighted by Gasteiger charge is -2.17.